The van der Waals surface area contributed by atoms with Crippen LogP contribution in [0.2, 0.25) is 0 Å². The van der Waals surface area contributed by atoms with Crippen LogP contribution < -0.4 is 5.32 Å². The van der Waals surface area contributed by atoms with Gasteiger partial charge in [-0.1, -0.05) is 0 Å². The standard InChI is InChI=1S/C7H11NO2/c1-3-7(9)6-8-4-5-10-2/h1,8H,4-6H2,2H3. The highest BCUT2D eigenvalue weighted by molar-refractivity contribution is 5.96. The summed E-state index contributed by atoms with van der Waals surface area (Å²) in [4.78, 5) is 10.4. The largest absolute Gasteiger partial charge is 0.383 e. The highest BCUT2D eigenvalue weighted by atomic mass is 16.5. The molecule has 0 aliphatic carbocycles. The normalized spacial score (nSPS) is 8.80. The van der Waals surface area contributed by atoms with Gasteiger partial charge in [0.2, 0.25) is 5.78 Å². The van der Waals surface area contributed by atoms with Gasteiger partial charge < -0.3 is 10.1 Å². The predicted octanol–water partition coefficient (Wildman–Crippen LogP) is -0.575. The maximum Gasteiger partial charge on any atom is 0.218 e. The van der Waals surface area contributed by atoms with Gasteiger partial charge >= 0.3 is 0 Å². The van der Waals surface area contributed by atoms with Gasteiger partial charge in [-0.05, 0) is 5.92 Å². The number of rotatable bonds is 5. The molecule has 0 radical (unpaired) electrons. The van der Waals surface area contributed by atoms with Crippen molar-refractivity contribution in [2.45, 2.75) is 0 Å². The molecule has 3 heteroatoms. The van der Waals surface area contributed by atoms with Crippen molar-refractivity contribution < 1.29 is 9.53 Å². The van der Waals surface area contributed by atoms with Crippen molar-refractivity contribution in [2.24, 2.45) is 0 Å². The molecule has 0 aromatic rings. The van der Waals surface area contributed by atoms with Crippen molar-refractivity contribution in [1.82, 2.24) is 5.32 Å². The Morgan fingerprint density at radius 2 is 2.50 bits per heavy atom. The molecule has 3 nitrogen and oxygen atoms in total. The first-order valence-electron chi connectivity index (χ1n) is 3.00. The van der Waals surface area contributed by atoms with Gasteiger partial charge in [0, 0.05) is 13.7 Å². The Balaban J connectivity index is 3.06. The van der Waals surface area contributed by atoms with E-state index in [1.165, 1.54) is 0 Å². The molecule has 0 aliphatic heterocycles. The minimum absolute atomic E-state index is 0.226. The van der Waals surface area contributed by atoms with Crippen LogP contribution in [-0.4, -0.2) is 32.6 Å². The fourth-order valence-electron chi connectivity index (χ4n) is 0.427. The van der Waals surface area contributed by atoms with E-state index < -0.39 is 0 Å². The average Bonchev–Trinajstić information content (AvgIpc) is 1.98. The van der Waals surface area contributed by atoms with E-state index in [1.807, 2.05) is 5.92 Å². The van der Waals surface area contributed by atoms with Gasteiger partial charge in [-0.3, -0.25) is 4.79 Å². The topological polar surface area (TPSA) is 38.3 Å². The zero-order valence-corrected chi connectivity index (χ0v) is 6.02. The summed E-state index contributed by atoms with van der Waals surface area (Å²) in [6.45, 7) is 1.49. The average molecular weight is 141 g/mol. The molecule has 0 aliphatic rings. The van der Waals surface area contributed by atoms with E-state index in [-0.39, 0.29) is 12.3 Å². The highest BCUT2D eigenvalue weighted by Gasteiger charge is 1.92. The molecule has 0 heterocycles. The number of hydrogen-bond acceptors (Lipinski definition) is 3. The molecule has 56 valence electrons. The zero-order chi connectivity index (χ0) is 7.82. The smallest absolute Gasteiger partial charge is 0.218 e. The maximum absolute atomic E-state index is 10.4. The Hall–Kier alpha value is -0.850. The number of ketones is 1. The summed E-state index contributed by atoms with van der Waals surface area (Å²) in [5.74, 6) is 1.77. The lowest BCUT2D eigenvalue weighted by Gasteiger charge is -1.98. The van der Waals surface area contributed by atoms with Gasteiger partial charge in [0.05, 0.1) is 13.2 Å². The van der Waals surface area contributed by atoms with Gasteiger partial charge in [-0.25, -0.2) is 0 Å². The second-order valence-electron chi connectivity index (χ2n) is 1.74. The van der Waals surface area contributed by atoms with Crippen LogP contribution in [-0.2, 0) is 9.53 Å². The van der Waals surface area contributed by atoms with Crippen LogP contribution >= 0.6 is 0 Å². The van der Waals surface area contributed by atoms with Gasteiger partial charge in [-0.15, -0.1) is 6.42 Å². The van der Waals surface area contributed by atoms with E-state index in [2.05, 4.69) is 5.32 Å². The quantitative estimate of drug-likeness (QED) is 0.316. The molecule has 0 bridgehead atoms. The van der Waals surface area contributed by atoms with Crippen LogP contribution in [0.25, 0.3) is 0 Å². The number of Topliss-reactive ketones (excluding diaryl/α,β-unsaturated/α-hetero) is 1. The number of carbonyl (C=O) groups excluding carboxylic acids is 1. The third-order valence-corrected chi connectivity index (χ3v) is 0.930. The first-order valence-corrected chi connectivity index (χ1v) is 3.00. The highest BCUT2D eigenvalue weighted by Crippen LogP contribution is 1.66. The van der Waals surface area contributed by atoms with Crippen molar-refractivity contribution in [3.05, 3.63) is 0 Å². The van der Waals surface area contributed by atoms with E-state index in [9.17, 15) is 4.79 Å². The molecule has 0 saturated carbocycles. The molecule has 0 fully saturated rings. The molecule has 0 aromatic heterocycles. The van der Waals surface area contributed by atoms with Crippen LogP contribution in [0.15, 0.2) is 0 Å². The van der Waals surface area contributed by atoms with Crippen molar-refractivity contribution in [1.29, 1.82) is 0 Å². The first-order chi connectivity index (χ1) is 4.81. The number of ether oxygens (including phenoxy) is 1. The van der Waals surface area contributed by atoms with E-state index in [0.29, 0.717) is 13.2 Å². The Morgan fingerprint density at radius 3 is 3.00 bits per heavy atom. The number of methoxy groups -OCH3 is 1. The molecule has 0 saturated heterocycles. The zero-order valence-electron chi connectivity index (χ0n) is 6.02. The molecule has 0 amide bonds. The summed E-state index contributed by atoms with van der Waals surface area (Å²) < 4.78 is 4.73. The third kappa shape index (κ3) is 5.29. The summed E-state index contributed by atoms with van der Waals surface area (Å²) >= 11 is 0. The van der Waals surface area contributed by atoms with Gasteiger partial charge in [0.25, 0.3) is 0 Å². The van der Waals surface area contributed by atoms with Crippen LogP contribution in [0.5, 0.6) is 0 Å². The van der Waals surface area contributed by atoms with Crippen molar-refractivity contribution in [3.8, 4) is 12.3 Å². The van der Waals surface area contributed by atoms with Crippen molar-refractivity contribution in [2.75, 3.05) is 26.8 Å². The SMILES string of the molecule is C#CC(=O)CNCCOC. The Morgan fingerprint density at radius 1 is 1.80 bits per heavy atom. The van der Waals surface area contributed by atoms with Gasteiger partial charge in [0.15, 0.2) is 0 Å². The summed E-state index contributed by atoms with van der Waals surface area (Å²) in [6.07, 6.45) is 4.82. The predicted molar refractivity (Wildman–Crippen MR) is 38.6 cm³/mol. The Labute approximate surface area is 60.8 Å². The summed E-state index contributed by atoms with van der Waals surface area (Å²) in [7, 11) is 1.60. The Bertz CT molecular complexity index is 137. The first kappa shape index (κ1) is 9.15. The van der Waals surface area contributed by atoms with Crippen LogP contribution in [0.3, 0.4) is 0 Å². The molecule has 10 heavy (non-hydrogen) atoms. The molecular formula is C7H11NO2. The monoisotopic (exact) mass is 141 g/mol. The molecular weight excluding hydrogens is 130 g/mol. The molecule has 0 rings (SSSR count). The molecule has 1 N–H and O–H groups in total. The van der Waals surface area contributed by atoms with E-state index in [4.69, 9.17) is 11.2 Å². The molecule has 0 atom stereocenters. The van der Waals surface area contributed by atoms with Crippen LogP contribution in [0, 0.1) is 12.3 Å². The van der Waals surface area contributed by atoms with E-state index >= 15 is 0 Å². The second kappa shape index (κ2) is 6.27. The molecule has 0 spiro atoms. The van der Waals surface area contributed by atoms with Gasteiger partial charge in [-0.2, -0.15) is 0 Å². The van der Waals surface area contributed by atoms with E-state index in [0.717, 1.165) is 0 Å². The fraction of sp³-hybridized carbons (Fsp3) is 0.571. The minimum atomic E-state index is -0.226. The lowest BCUT2D eigenvalue weighted by molar-refractivity contribution is -0.113. The van der Waals surface area contributed by atoms with Crippen LogP contribution in [0.1, 0.15) is 0 Å². The number of terminal acetylenes is 1. The second-order valence-corrected chi connectivity index (χ2v) is 1.74. The Kier molecular flexibility index (Phi) is 5.74. The van der Waals surface area contributed by atoms with Crippen LogP contribution in [0.4, 0.5) is 0 Å². The van der Waals surface area contributed by atoms with Crippen molar-refractivity contribution in [3.63, 3.8) is 0 Å². The molecule has 0 aromatic carbocycles. The van der Waals surface area contributed by atoms with Gasteiger partial charge in [0.1, 0.15) is 0 Å². The number of nitrogens with one attached hydrogen (secondary N) is 1. The summed E-state index contributed by atoms with van der Waals surface area (Å²) in [5, 5.41) is 2.82. The minimum Gasteiger partial charge on any atom is -0.383 e. The number of hydrogen-bond donors (Lipinski definition) is 1. The summed E-state index contributed by atoms with van der Waals surface area (Å²) in [6, 6.07) is 0. The lowest BCUT2D eigenvalue weighted by Crippen LogP contribution is -2.25. The van der Waals surface area contributed by atoms with E-state index in [1.54, 1.807) is 7.11 Å². The van der Waals surface area contributed by atoms with Crippen molar-refractivity contribution >= 4 is 5.78 Å². The third-order valence-electron chi connectivity index (χ3n) is 0.930. The molecule has 0 unspecified atom stereocenters. The maximum atomic E-state index is 10.4. The number of carbonyl (C=O) groups is 1. The summed E-state index contributed by atoms with van der Waals surface area (Å²) in [5.41, 5.74) is 0. The fourth-order valence-corrected chi connectivity index (χ4v) is 0.427. The lowest BCUT2D eigenvalue weighted by atomic mass is 10.4.